The minimum atomic E-state index is -0.882. The second-order valence-electron chi connectivity index (χ2n) is 8.27. The Morgan fingerprint density at radius 3 is 2.58 bits per heavy atom. The normalized spacial score (nSPS) is 15.9. The maximum atomic E-state index is 12.7. The van der Waals surface area contributed by atoms with Gasteiger partial charge in [0.25, 0.3) is 0 Å². The SMILES string of the molecule is CCCCOc1cc(C[C@H](NC(=O)[C@H](C)NC(=O)CN2CCOCC2)C(=O)OC)ccc1C. The molecule has 33 heavy (non-hydrogen) atoms. The maximum absolute atomic E-state index is 12.7. The average molecular weight is 464 g/mol. The topological polar surface area (TPSA) is 106 Å². The quantitative estimate of drug-likeness (QED) is 0.355. The highest BCUT2D eigenvalue weighted by atomic mass is 16.5. The molecular weight excluding hydrogens is 426 g/mol. The summed E-state index contributed by atoms with van der Waals surface area (Å²) in [6.45, 7) is 9.02. The van der Waals surface area contributed by atoms with Gasteiger partial charge in [0, 0.05) is 19.5 Å². The van der Waals surface area contributed by atoms with E-state index in [1.807, 2.05) is 30.0 Å². The fourth-order valence-corrected chi connectivity index (χ4v) is 3.44. The minimum absolute atomic E-state index is 0.200. The summed E-state index contributed by atoms with van der Waals surface area (Å²) in [5, 5.41) is 5.40. The molecule has 1 aliphatic rings. The number of carbonyl (C=O) groups is 3. The summed E-state index contributed by atoms with van der Waals surface area (Å²) in [5.74, 6) is -0.488. The molecule has 2 rings (SSSR count). The summed E-state index contributed by atoms with van der Waals surface area (Å²) < 4.78 is 16.0. The summed E-state index contributed by atoms with van der Waals surface area (Å²) in [7, 11) is 1.28. The molecule has 9 nitrogen and oxygen atoms in total. The lowest BCUT2D eigenvalue weighted by molar-refractivity contribution is -0.145. The first-order valence-corrected chi connectivity index (χ1v) is 11.5. The molecule has 1 heterocycles. The first kappa shape index (κ1) is 26.6. The first-order valence-electron chi connectivity index (χ1n) is 11.5. The standard InChI is InChI=1S/C24H37N3O6/c1-5-6-11-33-21-15-19(8-7-17(21)2)14-20(24(30)31-4)26-23(29)18(3)25-22(28)16-27-9-12-32-13-10-27/h7-8,15,18,20H,5-6,9-14,16H2,1-4H3,(H,25,28)(H,26,29)/t18-,20-/m0/s1. The lowest BCUT2D eigenvalue weighted by Gasteiger charge is -2.26. The number of morpholine rings is 1. The minimum Gasteiger partial charge on any atom is -0.493 e. The highest BCUT2D eigenvalue weighted by Crippen LogP contribution is 2.21. The van der Waals surface area contributed by atoms with Gasteiger partial charge >= 0.3 is 5.97 Å². The molecule has 2 amide bonds. The Hall–Kier alpha value is -2.65. The molecule has 1 aromatic rings. The van der Waals surface area contributed by atoms with Gasteiger partial charge in [-0.25, -0.2) is 4.79 Å². The molecule has 0 unspecified atom stereocenters. The van der Waals surface area contributed by atoms with Gasteiger partial charge in [0.2, 0.25) is 11.8 Å². The average Bonchev–Trinajstić information content (AvgIpc) is 2.80. The van der Waals surface area contributed by atoms with E-state index in [0.717, 1.165) is 29.7 Å². The molecule has 0 aliphatic carbocycles. The molecule has 2 N–H and O–H groups in total. The van der Waals surface area contributed by atoms with E-state index < -0.39 is 24.0 Å². The monoisotopic (exact) mass is 463 g/mol. The molecule has 0 saturated carbocycles. The first-order chi connectivity index (χ1) is 15.8. The van der Waals surface area contributed by atoms with Gasteiger partial charge in [0.15, 0.2) is 0 Å². The molecule has 0 aromatic heterocycles. The zero-order chi connectivity index (χ0) is 24.2. The van der Waals surface area contributed by atoms with Crippen LogP contribution in [0.1, 0.15) is 37.8 Å². The number of ether oxygens (including phenoxy) is 3. The van der Waals surface area contributed by atoms with Crippen molar-refractivity contribution in [3.8, 4) is 5.75 Å². The van der Waals surface area contributed by atoms with E-state index in [9.17, 15) is 14.4 Å². The fourth-order valence-electron chi connectivity index (χ4n) is 3.44. The van der Waals surface area contributed by atoms with Crippen molar-refractivity contribution in [3.05, 3.63) is 29.3 Å². The van der Waals surface area contributed by atoms with Gasteiger partial charge in [-0.15, -0.1) is 0 Å². The van der Waals surface area contributed by atoms with Crippen molar-refractivity contribution in [2.75, 3.05) is 46.6 Å². The third-order valence-corrected chi connectivity index (χ3v) is 5.49. The highest BCUT2D eigenvalue weighted by molar-refractivity contribution is 5.91. The number of carbonyl (C=O) groups excluding carboxylic acids is 3. The molecule has 1 fully saturated rings. The number of nitrogens with one attached hydrogen (secondary N) is 2. The molecule has 0 radical (unpaired) electrons. The van der Waals surface area contributed by atoms with E-state index in [1.54, 1.807) is 6.92 Å². The number of amides is 2. The summed E-state index contributed by atoms with van der Waals surface area (Å²) >= 11 is 0. The van der Waals surface area contributed by atoms with E-state index in [4.69, 9.17) is 14.2 Å². The van der Waals surface area contributed by atoms with E-state index in [2.05, 4.69) is 17.6 Å². The van der Waals surface area contributed by atoms with Crippen LogP contribution < -0.4 is 15.4 Å². The molecule has 2 atom stereocenters. The maximum Gasteiger partial charge on any atom is 0.328 e. The smallest absolute Gasteiger partial charge is 0.328 e. The zero-order valence-corrected chi connectivity index (χ0v) is 20.1. The summed E-state index contributed by atoms with van der Waals surface area (Å²) in [6.07, 6.45) is 2.24. The van der Waals surface area contributed by atoms with Crippen molar-refractivity contribution in [2.45, 2.75) is 52.1 Å². The van der Waals surface area contributed by atoms with Crippen molar-refractivity contribution in [1.29, 1.82) is 0 Å². The predicted octanol–water partition coefficient (Wildman–Crippen LogP) is 1.21. The summed E-state index contributed by atoms with van der Waals surface area (Å²) in [6, 6.07) is 4.04. The number of aryl methyl sites for hydroxylation is 1. The summed E-state index contributed by atoms with van der Waals surface area (Å²) in [5.41, 5.74) is 1.84. The van der Waals surface area contributed by atoms with Gasteiger partial charge in [-0.05, 0) is 37.5 Å². The van der Waals surface area contributed by atoms with Crippen molar-refractivity contribution in [2.24, 2.45) is 0 Å². The molecule has 0 spiro atoms. The second-order valence-corrected chi connectivity index (χ2v) is 8.27. The molecule has 1 aromatic carbocycles. The Balaban J connectivity index is 1.96. The number of hydrogen-bond donors (Lipinski definition) is 2. The Kier molecular flexibility index (Phi) is 11.1. The van der Waals surface area contributed by atoms with E-state index in [0.29, 0.717) is 32.9 Å². The molecule has 184 valence electrons. The van der Waals surface area contributed by atoms with Crippen molar-refractivity contribution >= 4 is 17.8 Å². The molecule has 0 bridgehead atoms. The van der Waals surface area contributed by atoms with E-state index in [1.165, 1.54) is 7.11 Å². The Morgan fingerprint density at radius 1 is 1.18 bits per heavy atom. The van der Waals surface area contributed by atoms with Gasteiger partial charge in [0.1, 0.15) is 17.8 Å². The lowest BCUT2D eigenvalue weighted by atomic mass is 10.0. The van der Waals surface area contributed by atoms with Crippen LogP contribution in [0.2, 0.25) is 0 Å². The van der Waals surface area contributed by atoms with Crippen LogP contribution in [0, 0.1) is 6.92 Å². The second kappa shape index (κ2) is 13.8. The van der Waals surface area contributed by atoms with Gasteiger partial charge < -0.3 is 24.8 Å². The van der Waals surface area contributed by atoms with Gasteiger partial charge in [-0.3, -0.25) is 14.5 Å². The third-order valence-electron chi connectivity index (χ3n) is 5.49. The number of rotatable bonds is 12. The zero-order valence-electron chi connectivity index (χ0n) is 20.1. The van der Waals surface area contributed by atoms with Gasteiger partial charge in [-0.2, -0.15) is 0 Å². The van der Waals surface area contributed by atoms with Crippen LogP contribution in [0.4, 0.5) is 0 Å². The number of hydrogen-bond acceptors (Lipinski definition) is 7. The number of unbranched alkanes of at least 4 members (excludes halogenated alkanes) is 1. The Morgan fingerprint density at radius 2 is 1.91 bits per heavy atom. The van der Waals surface area contributed by atoms with Crippen LogP contribution in [0.5, 0.6) is 5.75 Å². The molecule has 1 aliphatic heterocycles. The third kappa shape index (κ3) is 9.01. The van der Waals surface area contributed by atoms with Crippen LogP contribution in [-0.4, -0.2) is 81.3 Å². The van der Waals surface area contributed by atoms with Crippen LogP contribution in [0.3, 0.4) is 0 Å². The fraction of sp³-hybridized carbons (Fsp3) is 0.625. The number of nitrogens with zero attached hydrogens (tertiary/aromatic N) is 1. The largest absolute Gasteiger partial charge is 0.493 e. The van der Waals surface area contributed by atoms with Crippen molar-refractivity contribution < 1.29 is 28.6 Å². The number of esters is 1. The molecule has 1 saturated heterocycles. The summed E-state index contributed by atoms with van der Waals surface area (Å²) in [4.78, 5) is 39.3. The van der Waals surface area contributed by atoms with E-state index >= 15 is 0 Å². The van der Waals surface area contributed by atoms with Crippen LogP contribution in [0.15, 0.2) is 18.2 Å². The van der Waals surface area contributed by atoms with Crippen molar-refractivity contribution in [1.82, 2.24) is 15.5 Å². The van der Waals surface area contributed by atoms with E-state index in [-0.39, 0.29) is 18.9 Å². The lowest BCUT2D eigenvalue weighted by Crippen LogP contribution is -2.53. The Bertz CT molecular complexity index is 794. The van der Waals surface area contributed by atoms with Gasteiger partial charge in [0.05, 0.1) is 33.5 Å². The number of benzene rings is 1. The number of methoxy groups -OCH3 is 1. The van der Waals surface area contributed by atoms with Gasteiger partial charge in [-0.1, -0.05) is 25.5 Å². The highest BCUT2D eigenvalue weighted by Gasteiger charge is 2.26. The predicted molar refractivity (Wildman–Crippen MR) is 124 cm³/mol. The van der Waals surface area contributed by atoms with Crippen LogP contribution >= 0.6 is 0 Å². The van der Waals surface area contributed by atoms with Crippen LogP contribution in [-0.2, 0) is 30.3 Å². The van der Waals surface area contributed by atoms with Crippen molar-refractivity contribution in [3.63, 3.8) is 0 Å². The molecule has 9 heteroatoms. The van der Waals surface area contributed by atoms with Crippen LogP contribution in [0.25, 0.3) is 0 Å². The molecular formula is C24H37N3O6. The Labute approximate surface area is 196 Å².